The SMILES string of the molecule is CCc1ccccc1N(C(=O)c1ccco1)C(C(=O)NC1CCCC1)c1cccs1. The predicted octanol–water partition coefficient (Wildman–Crippen LogP) is 5.35. The van der Waals surface area contributed by atoms with Crippen molar-refractivity contribution < 1.29 is 14.0 Å². The van der Waals surface area contributed by atoms with Gasteiger partial charge < -0.3 is 9.73 Å². The fourth-order valence-electron chi connectivity index (χ4n) is 4.10. The Morgan fingerprint density at radius 2 is 1.93 bits per heavy atom. The van der Waals surface area contributed by atoms with E-state index in [9.17, 15) is 9.59 Å². The molecule has 0 aliphatic heterocycles. The Morgan fingerprint density at radius 1 is 1.13 bits per heavy atom. The van der Waals surface area contributed by atoms with Crippen molar-refractivity contribution in [3.63, 3.8) is 0 Å². The minimum atomic E-state index is -0.754. The molecule has 30 heavy (non-hydrogen) atoms. The molecule has 0 radical (unpaired) electrons. The van der Waals surface area contributed by atoms with Crippen LogP contribution in [-0.4, -0.2) is 17.9 Å². The Kier molecular flexibility index (Phi) is 6.33. The number of hydrogen-bond acceptors (Lipinski definition) is 4. The first-order chi connectivity index (χ1) is 14.7. The van der Waals surface area contributed by atoms with Crippen molar-refractivity contribution in [2.45, 2.75) is 51.1 Å². The lowest BCUT2D eigenvalue weighted by atomic mass is 10.0. The lowest BCUT2D eigenvalue weighted by Crippen LogP contribution is -2.46. The molecule has 6 heteroatoms. The largest absolute Gasteiger partial charge is 0.459 e. The zero-order valence-electron chi connectivity index (χ0n) is 17.0. The van der Waals surface area contributed by atoms with Gasteiger partial charge in [0.1, 0.15) is 0 Å². The minimum Gasteiger partial charge on any atom is -0.459 e. The first-order valence-corrected chi connectivity index (χ1v) is 11.4. The number of nitrogens with zero attached hydrogens (tertiary/aromatic N) is 1. The molecular weight excluding hydrogens is 396 g/mol. The number of amides is 2. The van der Waals surface area contributed by atoms with E-state index in [0.29, 0.717) is 0 Å². The molecule has 1 aliphatic carbocycles. The van der Waals surface area contributed by atoms with Crippen molar-refractivity contribution >= 4 is 28.8 Å². The van der Waals surface area contributed by atoms with E-state index in [2.05, 4.69) is 5.32 Å². The van der Waals surface area contributed by atoms with Crippen molar-refractivity contribution in [2.75, 3.05) is 4.90 Å². The van der Waals surface area contributed by atoms with E-state index in [0.717, 1.165) is 48.2 Å². The Labute approximate surface area is 180 Å². The predicted molar refractivity (Wildman–Crippen MR) is 119 cm³/mol. The van der Waals surface area contributed by atoms with Gasteiger partial charge in [-0.1, -0.05) is 44.0 Å². The average Bonchev–Trinajstić information content (AvgIpc) is 3.55. The lowest BCUT2D eigenvalue weighted by Gasteiger charge is -2.32. The van der Waals surface area contributed by atoms with Gasteiger partial charge in [0.25, 0.3) is 5.91 Å². The summed E-state index contributed by atoms with van der Waals surface area (Å²) in [6, 6.07) is 14.3. The highest BCUT2D eigenvalue weighted by atomic mass is 32.1. The second kappa shape index (κ2) is 9.30. The van der Waals surface area contributed by atoms with Crippen LogP contribution < -0.4 is 10.2 Å². The Morgan fingerprint density at radius 3 is 2.60 bits per heavy atom. The van der Waals surface area contributed by atoms with Crippen LogP contribution in [0, 0.1) is 0 Å². The van der Waals surface area contributed by atoms with Gasteiger partial charge >= 0.3 is 0 Å². The summed E-state index contributed by atoms with van der Waals surface area (Å²) in [5.41, 5.74) is 1.74. The number of carbonyl (C=O) groups is 2. The monoisotopic (exact) mass is 422 g/mol. The summed E-state index contributed by atoms with van der Waals surface area (Å²) in [5.74, 6) is -0.243. The molecule has 1 N–H and O–H groups in total. The molecule has 1 aliphatic rings. The molecule has 0 bridgehead atoms. The Bertz CT molecular complexity index is 976. The maximum absolute atomic E-state index is 13.6. The summed E-state index contributed by atoms with van der Waals surface area (Å²) >= 11 is 1.48. The molecule has 1 saturated carbocycles. The second-order valence-electron chi connectivity index (χ2n) is 7.54. The zero-order chi connectivity index (χ0) is 20.9. The molecule has 5 nitrogen and oxygen atoms in total. The minimum absolute atomic E-state index is 0.143. The third-order valence-electron chi connectivity index (χ3n) is 5.60. The molecule has 0 saturated heterocycles. The number of benzene rings is 1. The van der Waals surface area contributed by atoms with E-state index < -0.39 is 6.04 Å². The Balaban J connectivity index is 1.80. The number of carbonyl (C=O) groups excluding carboxylic acids is 2. The number of anilines is 1. The average molecular weight is 423 g/mol. The van der Waals surface area contributed by atoms with Crippen molar-refractivity contribution in [1.82, 2.24) is 5.32 Å². The molecule has 2 heterocycles. The van der Waals surface area contributed by atoms with Gasteiger partial charge in [0.2, 0.25) is 5.91 Å². The van der Waals surface area contributed by atoms with Crippen LogP contribution in [0.15, 0.2) is 64.6 Å². The molecular formula is C24H26N2O3S. The van der Waals surface area contributed by atoms with Crippen LogP contribution in [0.4, 0.5) is 5.69 Å². The summed E-state index contributed by atoms with van der Waals surface area (Å²) in [4.78, 5) is 29.6. The van der Waals surface area contributed by atoms with E-state index in [1.165, 1.54) is 17.6 Å². The number of thiophene rings is 1. The third-order valence-corrected chi connectivity index (χ3v) is 6.53. The Hall–Kier alpha value is -2.86. The van der Waals surface area contributed by atoms with Gasteiger partial charge in [-0.2, -0.15) is 0 Å². The van der Waals surface area contributed by atoms with E-state index in [1.807, 2.05) is 48.7 Å². The topological polar surface area (TPSA) is 62.6 Å². The van der Waals surface area contributed by atoms with Crippen LogP contribution in [0.1, 0.15) is 59.6 Å². The molecule has 1 aromatic carbocycles. The maximum atomic E-state index is 13.6. The van der Waals surface area contributed by atoms with Crippen molar-refractivity contribution in [3.8, 4) is 0 Å². The number of para-hydroxylation sites is 1. The summed E-state index contributed by atoms with van der Waals surface area (Å²) in [5, 5.41) is 5.14. The van der Waals surface area contributed by atoms with Crippen molar-refractivity contribution in [2.24, 2.45) is 0 Å². The van der Waals surface area contributed by atoms with Gasteiger partial charge in [-0.3, -0.25) is 14.5 Å². The molecule has 1 fully saturated rings. The van der Waals surface area contributed by atoms with Gasteiger partial charge in [-0.25, -0.2) is 0 Å². The number of furan rings is 1. The van der Waals surface area contributed by atoms with Crippen molar-refractivity contribution in [3.05, 3.63) is 76.4 Å². The normalized spacial score (nSPS) is 15.1. The highest BCUT2D eigenvalue weighted by Crippen LogP contribution is 2.35. The fourth-order valence-corrected chi connectivity index (χ4v) is 4.91. The summed E-state index contributed by atoms with van der Waals surface area (Å²) in [6.45, 7) is 2.05. The number of rotatable bonds is 7. The van der Waals surface area contributed by atoms with Gasteiger partial charge in [0.05, 0.1) is 6.26 Å². The molecule has 1 atom stereocenters. The van der Waals surface area contributed by atoms with Crippen LogP contribution >= 0.6 is 11.3 Å². The smallest absolute Gasteiger partial charge is 0.295 e. The molecule has 1 unspecified atom stereocenters. The van der Waals surface area contributed by atoms with E-state index in [1.54, 1.807) is 17.0 Å². The lowest BCUT2D eigenvalue weighted by molar-refractivity contribution is -0.123. The molecule has 0 spiro atoms. The van der Waals surface area contributed by atoms with Crippen LogP contribution in [0.25, 0.3) is 0 Å². The first kappa shape index (κ1) is 20.4. The summed E-state index contributed by atoms with van der Waals surface area (Å²) in [6.07, 6.45) is 6.46. The van der Waals surface area contributed by atoms with Crippen LogP contribution in [0.5, 0.6) is 0 Å². The quantitative estimate of drug-likeness (QED) is 0.558. The zero-order valence-corrected chi connectivity index (χ0v) is 17.9. The summed E-state index contributed by atoms with van der Waals surface area (Å²) < 4.78 is 5.43. The fraction of sp³-hybridized carbons (Fsp3) is 0.333. The van der Waals surface area contributed by atoms with E-state index >= 15 is 0 Å². The maximum Gasteiger partial charge on any atom is 0.295 e. The highest BCUT2D eigenvalue weighted by molar-refractivity contribution is 7.10. The number of nitrogens with one attached hydrogen (secondary N) is 1. The molecule has 4 rings (SSSR count). The van der Waals surface area contributed by atoms with Crippen molar-refractivity contribution in [1.29, 1.82) is 0 Å². The molecule has 156 valence electrons. The van der Waals surface area contributed by atoms with Gasteiger partial charge in [0.15, 0.2) is 11.8 Å². The first-order valence-electron chi connectivity index (χ1n) is 10.5. The number of hydrogen-bond donors (Lipinski definition) is 1. The number of aryl methyl sites for hydroxylation is 1. The van der Waals surface area contributed by atoms with Crippen LogP contribution in [0.2, 0.25) is 0 Å². The van der Waals surface area contributed by atoms with Gasteiger partial charge in [-0.15, -0.1) is 11.3 Å². The van der Waals surface area contributed by atoms with Gasteiger partial charge in [-0.05, 0) is 54.5 Å². The molecule has 2 amide bonds. The van der Waals surface area contributed by atoms with Crippen LogP contribution in [-0.2, 0) is 11.2 Å². The third kappa shape index (κ3) is 4.19. The highest BCUT2D eigenvalue weighted by Gasteiger charge is 2.37. The van der Waals surface area contributed by atoms with E-state index in [4.69, 9.17) is 4.42 Å². The molecule has 3 aromatic rings. The molecule has 2 aromatic heterocycles. The van der Waals surface area contributed by atoms with Crippen LogP contribution in [0.3, 0.4) is 0 Å². The second-order valence-corrected chi connectivity index (χ2v) is 8.52. The van der Waals surface area contributed by atoms with Gasteiger partial charge in [0, 0.05) is 16.6 Å². The van der Waals surface area contributed by atoms with E-state index in [-0.39, 0.29) is 23.6 Å². The summed E-state index contributed by atoms with van der Waals surface area (Å²) in [7, 11) is 0. The standard InChI is InChI=1S/C24H26N2O3S/c1-2-17-9-3-6-12-19(17)26(24(28)20-13-7-15-29-20)22(21-14-8-16-30-21)23(27)25-18-10-4-5-11-18/h3,6-9,12-16,18,22H,2,4-5,10-11H2,1H3,(H,25,27).